The van der Waals surface area contributed by atoms with Crippen LogP contribution in [0.25, 0.3) is 0 Å². The molecule has 1 fully saturated rings. The SMILES string of the molecule is CC(=O)N1Cc2ccccc2OC2(CCC(N(C)C(=O)c3cccnc3)CC2)C1. The van der Waals surface area contributed by atoms with E-state index in [1.165, 1.54) is 0 Å². The second-order valence-electron chi connectivity index (χ2n) is 8.16. The van der Waals surface area contributed by atoms with Gasteiger partial charge in [0, 0.05) is 44.5 Å². The summed E-state index contributed by atoms with van der Waals surface area (Å²) in [6, 6.07) is 11.7. The lowest BCUT2D eigenvalue weighted by Gasteiger charge is -2.43. The Morgan fingerprint density at radius 2 is 1.93 bits per heavy atom. The fourth-order valence-corrected chi connectivity index (χ4v) is 4.47. The summed E-state index contributed by atoms with van der Waals surface area (Å²) in [6.45, 7) is 2.79. The minimum Gasteiger partial charge on any atom is -0.485 e. The summed E-state index contributed by atoms with van der Waals surface area (Å²) in [5, 5.41) is 0. The fourth-order valence-electron chi connectivity index (χ4n) is 4.47. The number of ether oxygens (including phenoxy) is 1. The molecule has 4 rings (SSSR count). The molecule has 0 saturated heterocycles. The van der Waals surface area contributed by atoms with Gasteiger partial charge in [-0.2, -0.15) is 0 Å². The second kappa shape index (κ2) is 7.85. The average molecular weight is 393 g/mol. The van der Waals surface area contributed by atoms with Gasteiger partial charge in [0.1, 0.15) is 11.4 Å². The van der Waals surface area contributed by atoms with Crippen molar-refractivity contribution in [3.8, 4) is 5.75 Å². The number of carbonyl (C=O) groups is 2. The summed E-state index contributed by atoms with van der Waals surface area (Å²) in [4.78, 5) is 32.8. The molecule has 1 aromatic heterocycles. The van der Waals surface area contributed by atoms with E-state index in [1.54, 1.807) is 31.5 Å². The Bertz CT molecular complexity index is 891. The van der Waals surface area contributed by atoms with Gasteiger partial charge >= 0.3 is 0 Å². The molecule has 2 aliphatic rings. The third kappa shape index (κ3) is 3.97. The summed E-state index contributed by atoms with van der Waals surface area (Å²) < 4.78 is 6.53. The Morgan fingerprint density at radius 1 is 1.17 bits per heavy atom. The predicted molar refractivity (Wildman–Crippen MR) is 109 cm³/mol. The normalized spacial score (nSPS) is 23.7. The number of hydrogen-bond donors (Lipinski definition) is 0. The van der Waals surface area contributed by atoms with E-state index in [0.717, 1.165) is 37.0 Å². The molecule has 6 nitrogen and oxygen atoms in total. The van der Waals surface area contributed by atoms with Crippen molar-refractivity contribution in [1.29, 1.82) is 0 Å². The van der Waals surface area contributed by atoms with Crippen LogP contribution in [0.1, 0.15) is 48.5 Å². The van der Waals surface area contributed by atoms with Crippen molar-refractivity contribution in [1.82, 2.24) is 14.8 Å². The highest BCUT2D eigenvalue weighted by atomic mass is 16.5. The van der Waals surface area contributed by atoms with Gasteiger partial charge < -0.3 is 14.5 Å². The Hall–Kier alpha value is -2.89. The number of carbonyl (C=O) groups excluding carboxylic acids is 2. The molecule has 0 radical (unpaired) electrons. The van der Waals surface area contributed by atoms with E-state index in [4.69, 9.17) is 4.74 Å². The minimum atomic E-state index is -0.396. The van der Waals surface area contributed by atoms with Crippen LogP contribution >= 0.6 is 0 Å². The van der Waals surface area contributed by atoms with Crippen molar-refractivity contribution >= 4 is 11.8 Å². The Labute approximate surface area is 171 Å². The lowest BCUT2D eigenvalue weighted by molar-refractivity contribution is -0.132. The molecule has 2 amide bonds. The number of para-hydroxylation sites is 1. The molecule has 1 aliphatic heterocycles. The molecule has 0 unspecified atom stereocenters. The van der Waals surface area contributed by atoms with Crippen LogP contribution in [0.5, 0.6) is 5.75 Å². The van der Waals surface area contributed by atoms with Gasteiger partial charge in [-0.05, 0) is 43.9 Å². The number of pyridine rings is 1. The van der Waals surface area contributed by atoms with E-state index in [-0.39, 0.29) is 17.9 Å². The van der Waals surface area contributed by atoms with Crippen LogP contribution in [0, 0.1) is 0 Å². The van der Waals surface area contributed by atoms with E-state index in [0.29, 0.717) is 18.7 Å². The molecule has 1 aliphatic carbocycles. The number of benzene rings is 1. The molecule has 2 aromatic rings. The van der Waals surface area contributed by atoms with E-state index in [9.17, 15) is 9.59 Å². The Morgan fingerprint density at radius 3 is 2.62 bits per heavy atom. The standard InChI is InChI=1S/C23H27N3O3/c1-17(27)26-15-19-6-3-4-8-21(19)29-23(16-26)11-9-20(10-12-23)25(2)22(28)18-7-5-13-24-14-18/h3-8,13-14,20H,9-12,15-16H2,1-2H3. The molecule has 0 N–H and O–H groups in total. The molecule has 1 spiro atoms. The van der Waals surface area contributed by atoms with Gasteiger partial charge in [0.25, 0.3) is 5.91 Å². The zero-order valence-electron chi connectivity index (χ0n) is 17.0. The van der Waals surface area contributed by atoms with Crippen LogP contribution in [0.2, 0.25) is 0 Å². The number of rotatable bonds is 2. The smallest absolute Gasteiger partial charge is 0.255 e. The topological polar surface area (TPSA) is 62.7 Å². The van der Waals surface area contributed by atoms with Gasteiger partial charge in [-0.25, -0.2) is 0 Å². The minimum absolute atomic E-state index is 0.00320. The van der Waals surface area contributed by atoms with Gasteiger partial charge in [-0.1, -0.05) is 18.2 Å². The van der Waals surface area contributed by atoms with Crippen molar-refractivity contribution in [3.05, 3.63) is 59.9 Å². The van der Waals surface area contributed by atoms with Crippen LogP contribution in [0.3, 0.4) is 0 Å². The summed E-state index contributed by atoms with van der Waals surface area (Å²) in [5.41, 5.74) is 1.26. The second-order valence-corrected chi connectivity index (χ2v) is 8.16. The molecule has 0 atom stereocenters. The lowest BCUT2D eigenvalue weighted by atomic mass is 9.81. The summed E-state index contributed by atoms with van der Waals surface area (Å²) in [5.74, 6) is 0.932. The highest BCUT2D eigenvalue weighted by Crippen LogP contribution is 2.39. The lowest BCUT2D eigenvalue weighted by Crippen LogP contribution is -2.52. The summed E-state index contributed by atoms with van der Waals surface area (Å²) in [7, 11) is 1.86. The van der Waals surface area contributed by atoms with Crippen LogP contribution in [-0.4, -0.2) is 51.8 Å². The number of hydrogen-bond acceptors (Lipinski definition) is 4. The van der Waals surface area contributed by atoms with Gasteiger partial charge in [0.2, 0.25) is 5.91 Å². The van der Waals surface area contributed by atoms with Crippen molar-refractivity contribution in [3.63, 3.8) is 0 Å². The summed E-state index contributed by atoms with van der Waals surface area (Å²) in [6.07, 6.45) is 6.58. The van der Waals surface area contributed by atoms with Gasteiger partial charge in [-0.3, -0.25) is 14.6 Å². The molecular weight excluding hydrogens is 366 g/mol. The molecular formula is C23H27N3O3. The molecule has 6 heteroatoms. The average Bonchev–Trinajstić information content (AvgIpc) is 2.90. The molecule has 1 aromatic carbocycles. The number of amides is 2. The molecule has 152 valence electrons. The number of aromatic nitrogens is 1. The first-order valence-corrected chi connectivity index (χ1v) is 10.2. The molecule has 0 bridgehead atoms. The largest absolute Gasteiger partial charge is 0.485 e. The first-order valence-electron chi connectivity index (χ1n) is 10.2. The van der Waals surface area contributed by atoms with Gasteiger partial charge in [0.15, 0.2) is 0 Å². The molecule has 2 heterocycles. The Kier molecular flexibility index (Phi) is 5.26. The third-order valence-corrected chi connectivity index (χ3v) is 6.23. The van der Waals surface area contributed by atoms with E-state index >= 15 is 0 Å². The maximum Gasteiger partial charge on any atom is 0.255 e. The van der Waals surface area contributed by atoms with E-state index < -0.39 is 5.60 Å². The Balaban J connectivity index is 1.50. The van der Waals surface area contributed by atoms with Gasteiger partial charge in [-0.15, -0.1) is 0 Å². The fraction of sp³-hybridized carbons (Fsp3) is 0.435. The van der Waals surface area contributed by atoms with Crippen molar-refractivity contribution in [2.75, 3.05) is 13.6 Å². The monoisotopic (exact) mass is 393 g/mol. The highest BCUT2D eigenvalue weighted by Gasteiger charge is 2.43. The van der Waals surface area contributed by atoms with Crippen LogP contribution < -0.4 is 4.74 Å². The zero-order chi connectivity index (χ0) is 20.4. The van der Waals surface area contributed by atoms with E-state index in [2.05, 4.69) is 4.98 Å². The predicted octanol–water partition coefficient (Wildman–Crippen LogP) is 3.28. The van der Waals surface area contributed by atoms with Crippen molar-refractivity contribution < 1.29 is 14.3 Å². The van der Waals surface area contributed by atoms with Crippen molar-refractivity contribution in [2.24, 2.45) is 0 Å². The van der Waals surface area contributed by atoms with Crippen LogP contribution in [0.15, 0.2) is 48.8 Å². The number of fused-ring (bicyclic) bond motifs is 1. The number of nitrogens with zero attached hydrogens (tertiary/aromatic N) is 3. The first-order chi connectivity index (χ1) is 14.0. The quantitative estimate of drug-likeness (QED) is 0.786. The van der Waals surface area contributed by atoms with E-state index in [1.807, 2.05) is 41.1 Å². The maximum atomic E-state index is 12.8. The molecule has 29 heavy (non-hydrogen) atoms. The van der Waals surface area contributed by atoms with Crippen LogP contribution in [0.4, 0.5) is 0 Å². The highest BCUT2D eigenvalue weighted by molar-refractivity contribution is 5.93. The third-order valence-electron chi connectivity index (χ3n) is 6.23. The van der Waals surface area contributed by atoms with Crippen LogP contribution in [-0.2, 0) is 11.3 Å². The first kappa shape index (κ1) is 19.4. The zero-order valence-corrected chi connectivity index (χ0v) is 17.0. The summed E-state index contributed by atoms with van der Waals surface area (Å²) >= 11 is 0. The van der Waals surface area contributed by atoms with Crippen molar-refractivity contribution in [2.45, 2.75) is 50.8 Å². The maximum absolute atomic E-state index is 12.8. The van der Waals surface area contributed by atoms with Gasteiger partial charge in [0.05, 0.1) is 12.1 Å². The molecule has 1 saturated carbocycles.